The van der Waals surface area contributed by atoms with Gasteiger partial charge < -0.3 is 24.5 Å². The van der Waals surface area contributed by atoms with Crippen LogP contribution in [0.15, 0.2) is 45.8 Å². The second-order valence-corrected chi connectivity index (χ2v) is 7.03. The molecule has 1 aromatic heterocycles. The van der Waals surface area contributed by atoms with E-state index in [-0.39, 0.29) is 40.1 Å². The van der Waals surface area contributed by atoms with Crippen LogP contribution < -0.4 is 10.2 Å². The molecule has 0 fully saturated rings. The molecular weight excluding hydrogens is 336 g/mol. The van der Waals surface area contributed by atoms with Crippen molar-refractivity contribution in [1.29, 1.82) is 0 Å². The standard InChI is InChI=1S/C20H18O6/c1-20(2)16(23)7-12-14(22)8-15-17(19(12)26-20)18(24)13(9-25-15)10-3-5-11(21)6-4-10/h3-6,8-9,16,21-23H,7H2,1-2H3/t16-/m1/s1. The maximum atomic E-state index is 13.1. The monoisotopic (exact) mass is 354 g/mol. The summed E-state index contributed by atoms with van der Waals surface area (Å²) in [6.07, 6.45) is 0.684. The minimum atomic E-state index is -0.908. The summed E-state index contributed by atoms with van der Waals surface area (Å²) in [5, 5.41) is 30.2. The average Bonchev–Trinajstić information content (AvgIpc) is 2.58. The van der Waals surface area contributed by atoms with E-state index in [1.807, 2.05) is 0 Å². The maximum Gasteiger partial charge on any atom is 0.204 e. The number of aliphatic hydroxyl groups is 1. The number of fused-ring (bicyclic) bond motifs is 3. The summed E-state index contributed by atoms with van der Waals surface area (Å²) in [5.74, 6) is 0.257. The zero-order valence-corrected chi connectivity index (χ0v) is 14.3. The Morgan fingerprint density at radius 1 is 1.15 bits per heavy atom. The molecule has 0 aliphatic carbocycles. The largest absolute Gasteiger partial charge is 0.508 e. The predicted molar refractivity (Wildman–Crippen MR) is 95.7 cm³/mol. The molecule has 1 aliphatic heterocycles. The van der Waals surface area contributed by atoms with Gasteiger partial charge in [0.05, 0.1) is 11.7 Å². The van der Waals surface area contributed by atoms with Gasteiger partial charge in [-0.3, -0.25) is 4.79 Å². The minimum Gasteiger partial charge on any atom is -0.508 e. The summed E-state index contributed by atoms with van der Waals surface area (Å²) in [4.78, 5) is 13.1. The van der Waals surface area contributed by atoms with Gasteiger partial charge in [-0.05, 0) is 31.5 Å². The number of aliphatic hydroxyl groups excluding tert-OH is 1. The minimum absolute atomic E-state index is 0.0809. The number of hydrogen-bond acceptors (Lipinski definition) is 6. The Hall–Kier alpha value is -2.99. The molecule has 1 atom stereocenters. The molecule has 0 spiro atoms. The number of benzene rings is 2. The molecule has 6 nitrogen and oxygen atoms in total. The number of aromatic hydroxyl groups is 2. The van der Waals surface area contributed by atoms with E-state index < -0.39 is 11.7 Å². The van der Waals surface area contributed by atoms with Crippen LogP contribution in [0.5, 0.6) is 17.2 Å². The Morgan fingerprint density at radius 2 is 1.85 bits per heavy atom. The predicted octanol–water partition coefficient (Wildman–Crippen LogP) is 2.95. The van der Waals surface area contributed by atoms with Crippen molar-refractivity contribution < 1.29 is 24.5 Å². The van der Waals surface area contributed by atoms with Crippen molar-refractivity contribution in [3.8, 4) is 28.4 Å². The number of phenolic OH excluding ortho intramolecular Hbond substituents is 2. The molecule has 3 aromatic rings. The summed E-state index contributed by atoms with van der Waals surface area (Å²) < 4.78 is 11.5. The molecule has 134 valence electrons. The van der Waals surface area contributed by atoms with E-state index in [9.17, 15) is 20.1 Å². The summed E-state index contributed by atoms with van der Waals surface area (Å²) >= 11 is 0. The van der Waals surface area contributed by atoms with Gasteiger partial charge in [-0.1, -0.05) is 12.1 Å². The molecular formula is C20H18O6. The first-order chi connectivity index (χ1) is 12.3. The van der Waals surface area contributed by atoms with Gasteiger partial charge in [0, 0.05) is 18.1 Å². The lowest BCUT2D eigenvalue weighted by atomic mass is 9.89. The van der Waals surface area contributed by atoms with Crippen LogP contribution in [0.25, 0.3) is 22.1 Å². The highest BCUT2D eigenvalue weighted by Crippen LogP contribution is 2.43. The Labute approximate surface area is 148 Å². The fourth-order valence-corrected chi connectivity index (χ4v) is 3.20. The van der Waals surface area contributed by atoms with Crippen LogP contribution in [0.3, 0.4) is 0 Å². The number of rotatable bonds is 1. The van der Waals surface area contributed by atoms with Gasteiger partial charge in [0.1, 0.15) is 40.1 Å². The van der Waals surface area contributed by atoms with Gasteiger partial charge in [-0.15, -0.1) is 0 Å². The fourth-order valence-electron chi connectivity index (χ4n) is 3.20. The van der Waals surface area contributed by atoms with Crippen LogP contribution in [0.4, 0.5) is 0 Å². The molecule has 0 amide bonds. The maximum absolute atomic E-state index is 13.1. The average molecular weight is 354 g/mol. The van der Waals surface area contributed by atoms with Crippen molar-refractivity contribution >= 4 is 11.0 Å². The second-order valence-electron chi connectivity index (χ2n) is 7.03. The van der Waals surface area contributed by atoms with Crippen LogP contribution in [0.1, 0.15) is 19.4 Å². The molecule has 26 heavy (non-hydrogen) atoms. The van der Waals surface area contributed by atoms with Crippen molar-refractivity contribution in [3.63, 3.8) is 0 Å². The third kappa shape index (κ3) is 2.42. The highest BCUT2D eigenvalue weighted by atomic mass is 16.5. The molecule has 4 rings (SSSR count). The molecule has 0 saturated carbocycles. The highest BCUT2D eigenvalue weighted by molar-refractivity contribution is 5.90. The number of hydrogen-bond donors (Lipinski definition) is 3. The second kappa shape index (κ2) is 5.51. The lowest BCUT2D eigenvalue weighted by Crippen LogP contribution is -2.46. The summed E-state index contributed by atoms with van der Waals surface area (Å²) in [7, 11) is 0. The van der Waals surface area contributed by atoms with Crippen molar-refractivity contribution in [1.82, 2.24) is 0 Å². The van der Waals surface area contributed by atoms with Gasteiger partial charge in [0.15, 0.2) is 0 Å². The summed E-state index contributed by atoms with van der Waals surface area (Å²) in [6, 6.07) is 7.58. The van der Waals surface area contributed by atoms with Crippen LogP contribution in [-0.4, -0.2) is 27.0 Å². The number of phenols is 2. The van der Waals surface area contributed by atoms with E-state index in [4.69, 9.17) is 9.15 Å². The van der Waals surface area contributed by atoms with Crippen molar-refractivity contribution in [2.24, 2.45) is 0 Å². The van der Waals surface area contributed by atoms with Crippen molar-refractivity contribution in [2.45, 2.75) is 32.0 Å². The molecule has 6 heteroatoms. The van der Waals surface area contributed by atoms with Crippen molar-refractivity contribution in [2.75, 3.05) is 0 Å². The molecule has 0 bridgehead atoms. The molecule has 0 saturated heterocycles. The van der Waals surface area contributed by atoms with E-state index in [0.717, 1.165) is 0 Å². The van der Waals surface area contributed by atoms with Gasteiger partial charge in [-0.2, -0.15) is 0 Å². The fraction of sp³-hybridized carbons (Fsp3) is 0.250. The van der Waals surface area contributed by atoms with E-state index >= 15 is 0 Å². The van der Waals surface area contributed by atoms with E-state index in [2.05, 4.69) is 0 Å². The van der Waals surface area contributed by atoms with E-state index in [0.29, 0.717) is 16.7 Å². The van der Waals surface area contributed by atoms with E-state index in [1.54, 1.807) is 26.0 Å². The first-order valence-corrected chi connectivity index (χ1v) is 8.25. The smallest absolute Gasteiger partial charge is 0.204 e. The molecule has 1 aliphatic rings. The zero-order valence-electron chi connectivity index (χ0n) is 14.3. The Bertz CT molecular complexity index is 1060. The first-order valence-electron chi connectivity index (χ1n) is 8.25. The molecule has 3 N–H and O–H groups in total. The van der Waals surface area contributed by atoms with Crippen LogP contribution >= 0.6 is 0 Å². The summed E-state index contributed by atoms with van der Waals surface area (Å²) in [6.45, 7) is 3.45. The lowest BCUT2D eigenvalue weighted by Gasteiger charge is -2.37. The van der Waals surface area contributed by atoms with Gasteiger partial charge >= 0.3 is 0 Å². The zero-order chi connectivity index (χ0) is 18.6. The third-order valence-electron chi connectivity index (χ3n) is 4.84. The highest BCUT2D eigenvalue weighted by Gasteiger charge is 2.38. The van der Waals surface area contributed by atoms with Crippen molar-refractivity contribution in [3.05, 3.63) is 52.4 Å². The Balaban J connectivity index is 2.02. The van der Waals surface area contributed by atoms with Crippen LogP contribution in [0, 0.1) is 0 Å². The van der Waals surface area contributed by atoms with Gasteiger partial charge in [-0.25, -0.2) is 0 Å². The molecule has 2 aromatic carbocycles. The number of ether oxygens (including phenoxy) is 1. The normalized spacial score (nSPS) is 18.3. The molecule has 2 heterocycles. The van der Waals surface area contributed by atoms with Gasteiger partial charge in [0.2, 0.25) is 5.43 Å². The lowest BCUT2D eigenvalue weighted by molar-refractivity contribution is -0.0406. The molecule has 0 radical (unpaired) electrons. The van der Waals surface area contributed by atoms with E-state index in [1.165, 1.54) is 24.5 Å². The third-order valence-corrected chi connectivity index (χ3v) is 4.84. The van der Waals surface area contributed by atoms with Crippen LogP contribution in [0.2, 0.25) is 0 Å². The topological polar surface area (TPSA) is 100 Å². The first kappa shape index (κ1) is 16.5. The molecule has 0 unspecified atom stereocenters. The SMILES string of the molecule is CC1(C)Oc2c(c(O)cc3occ(-c4ccc(O)cc4)c(=O)c23)C[C@H]1O. The Morgan fingerprint density at radius 3 is 2.54 bits per heavy atom. The Kier molecular flexibility index (Phi) is 3.49. The van der Waals surface area contributed by atoms with Crippen LogP contribution in [-0.2, 0) is 6.42 Å². The van der Waals surface area contributed by atoms with Gasteiger partial charge in [0.25, 0.3) is 0 Å². The quantitative estimate of drug-likeness (QED) is 0.621. The summed E-state index contributed by atoms with van der Waals surface area (Å²) in [5.41, 5.74) is 0.295.